The highest BCUT2D eigenvalue weighted by Crippen LogP contribution is 2.64. The average molecular weight is 409 g/mol. The maximum atomic E-state index is 14.0. The highest BCUT2D eigenvalue weighted by molar-refractivity contribution is 6.24. The summed E-state index contributed by atoms with van der Waals surface area (Å²) in [6.07, 6.45) is 0. The summed E-state index contributed by atoms with van der Waals surface area (Å²) in [7, 11) is 0. The van der Waals surface area contributed by atoms with Gasteiger partial charge in [-0.15, -0.1) is 0 Å². The molecule has 0 saturated carbocycles. The van der Waals surface area contributed by atoms with E-state index in [0.717, 1.165) is 0 Å². The van der Waals surface area contributed by atoms with E-state index in [9.17, 15) is 9.59 Å². The van der Waals surface area contributed by atoms with Gasteiger partial charge in [-0.25, -0.2) is 4.90 Å². The second-order valence-corrected chi connectivity index (χ2v) is 8.77. The van der Waals surface area contributed by atoms with Crippen molar-refractivity contribution in [1.29, 1.82) is 0 Å². The maximum absolute atomic E-state index is 14.0. The number of amides is 2. The summed E-state index contributed by atoms with van der Waals surface area (Å²) in [5.74, 6) is -0.625. The molecule has 7 rings (SSSR count). The third-order valence-corrected chi connectivity index (χ3v) is 7.45. The summed E-state index contributed by atoms with van der Waals surface area (Å²) < 4.78 is 5.77. The molecule has 154 valence electrons. The van der Waals surface area contributed by atoms with Gasteiger partial charge in [0.15, 0.2) is 0 Å². The second kappa shape index (κ2) is 6.30. The van der Waals surface area contributed by atoms with Crippen LogP contribution in [0.25, 0.3) is 0 Å². The molecule has 2 bridgehead atoms. The standard InChI is InChI=1S/C27H23NO3/c1-3-31-21-15-9-8-14-20(21)28-25(29)23-22-16-10-4-6-12-18(16)27(2,24(23)26(28)30)19-13-7-5-11-17(19)22/h4-15,22-24H,3H2,1-2H3/t22?,23-,24+,27?/m1/s1. The zero-order valence-corrected chi connectivity index (χ0v) is 17.5. The molecule has 0 N–H and O–H groups in total. The van der Waals surface area contributed by atoms with Gasteiger partial charge in [0.2, 0.25) is 11.8 Å². The molecule has 0 unspecified atom stereocenters. The van der Waals surface area contributed by atoms with Crippen molar-refractivity contribution in [3.05, 3.63) is 95.1 Å². The number of rotatable bonds is 3. The van der Waals surface area contributed by atoms with E-state index < -0.39 is 17.3 Å². The number of benzene rings is 3. The quantitative estimate of drug-likeness (QED) is 0.592. The van der Waals surface area contributed by atoms with Gasteiger partial charge in [-0.2, -0.15) is 0 Å². The molecule has 4 heteroatoms. The Balaban J connectivity index is 1.59. The van der Waals surface area contributed by atoms with Crippen LogP contribution in [0.15, 0.2) is 72.8 Å². The number of nitrogens with zero attached hydrogens (tertiary/aromatic N) is 1. The van der Waals surface area contributed by atoms with Crippen molar-refractivity contribution in [3.63, 3.8) is 0 Å². The van der Waals surface area contributed by atoms with Crippen molar-refractivity contribution in [3.8, 4) is 5.75 Å². The van der Waals surface area contributed by atoms with Crippen molar-refractivity contribution in [2.24, 2.45) is 11.8 Å². The van der Waals surface area contributed by atoms with Crippen LogP contribution >= 0.6 is 0 Å². The molecule has 0 spiro atoms. The monoisotopic (exact) mass is 409 g/mol. The number of carbonyl (C=O) groups excluding carboxylic acids is 2. The summed E-state index contributed by atoms with van der Waals surface area (Å²) >= 11 is 0. The normalized spacial score (nSPS) is 27.7. The first-order valence-electron chi connectivity index (χ1n) is 10.9. The summed E-state index contributed by atoms with van der Waals surface area (Å²) in [5, 5.41) is 0. The molecule has 4 nitrogen and oxygen atoms in total. The first-order valence-corrected chi connectivity index (χ1v) is 10.9. The molecule has 0 aromatic heterocycles. The van der Waals surface area contributed by atoms with Gasteiger partial charge in [0, 0.05) is 11.3 Å². The Morgan fingerprint density at radius 3 is 2.06 bits per heavy atom. The molecule has 3 aliphatic carbocycles. The minimum Gasteiger partial charge on any atom is -0.492 e. The number of ether oxygens (including phenoxy) is 1. The first-order chi connectivity index (χ1) is 15.1. The minimum atomic E-state index is -0.547. The average Bonchev–Trinajstić information content (AvgIpc) is 3.06. The van der Waals surface area contributed by atoms with Crippen molar-refractivity contribution in [2.75, 3.05) is 11.5 Å². The van der Waals surface area contributed by atoms with Crippen molar-refractivity contribution in [1.82, 2.24) is 0 Å². The molecule has 31 heavy (non-hydrogen) atoms. The van der Waals surface area contributed by atoms with Gasteiger partial charge in [-0.3, -0.25) is 9.59 Å². The van der Waals surface area contributed by atoms with Gasteiger partial charge < -0.3 is 4.74 Å². The maximum Gasteiger partial charge on any atom is 0.239 e. The summed E-state index contributed by atoms with van der Waals surface area (Å²) in [6, 6.07) is 24.0. The largest absolute Gasteiger partial charge is 0.492 e. The van der Waals surface area contributed by atoms with E-state index in [0.29, 0.717) is 18.0 Å². The van der Waals surface area contributed by atoms with E-state index >= 15 is 0 Å². The fourth-order valence-corrected chi connectivity index (χ4v) is 6.31. The van der Waals surface area contributed by atoms with Crippen molar-refractivity contribution < 1.29 is 14.3 Å². The van der Waals surface area contributed by atoms with Crippen LogP contribution in [0, 0.1) is 11.8 Å². The van der Waals surface area contributed by atoms with Crippen LogP contribution in [0.2, 0.25) is 0 Å². The lowest BCUT2D eigenvalue weighted by Gasteiger charge is -2.52. The van der Waals surface area contributed by atoms with Gasteiger partial charge in [0.25, 0.3) is 0 Å². The SMILES string of the molecule is CCOc1ccccc1N1C(=O)[C@@H]2C3c4ccccc4C(C)(c4ccccc43)[C@@H]2C1=O. The molecular formula is C27H23NO3. The molecule has 1 fully saturated rings. The Labute approximate surface area is 181 Å². The fraction of sp³-hybridized carbons (Fsp3) is 0.259. The molecule has 0 radical (unpaired) electrons. The Hall–Kier alpha value is -3.40. The Kier molecular flexibility index (Phi) is 3.73. The number of anilines is 1. The van der Waals surface area contributed by atoms with Crippen LogP contribution < -0.4 is 9.64 Å². The number of para-hydroxylation sites is 2. The number of carbonyl (C=O) groups is 2. The number of hydrogen-bond donors (Lipinski definition) is 0. The molecule has 1 heterocycles. The van der Waals surface area contributed by atoms with E-state index in [1.54, 1.807) is 0 Å². The van der Waals surface area contributed by atoms with Crippen LogP contribution in [0.5, 0.6) is 5.75 Å². The predicted molar refractivity (Wildman–Crippen MR) is 118 cm³/mol. The highest BCUT2D eigenvalue weighted by Gasteiger charge is 2.66. The highest BCUT2D eigenvalue weighted by atomic mass is 16.5. The molecule has 1 saturated heterocycles. The van der Waals surface area contributed by atoms with E-state index in [4.69, 9.17) is 4.74 Å². The van der Waals surface area contributed by atoms with Gasteiger partial charge in [-0.1, -0.05) is 67.6 Å². The molecule has 3 aromatic rings. The topological polar surface area (TPSA) is 46.6 Å². The Morgan fingerprint density at radius 2 is 1.42 bits per heavy atom. The van der Waals surface area contributed by atoms with Crippen LogP contribution in [0.1, 0.15) is 42.0 Å². The van der Waals surface area contributed by atoms with E-state index in [1.165, 1.54) is 27.2 Å². The molecule has 4 aliphatic rings. The number of hydrogen-bond acceptors (Lipinski definition) is 3. The molecule has 3 aromatic carbocycles. The lowest BCUT2D eigenvalue weighted by atomic mass is 9.48. The minimum absolute atomic E-state index is 0.111. The predicted octanol–water partition coefficient (Wildman–Crippen LogP) is 4.66. The summed E-state index contributed by atoms with van der Waals surface area (Å²) in [4.78, 5) is 29.3. The number of imide groups is 1. The molecule has 1 aliphatic heterocycles. The lowest BCUT2D eigenvalue weighted by Crippen LogP contribution is -2.51. The van der Waals surface area contributed by atoms with Gasteiger partial charge in [0.05, 0.1) is 24.1 Å². The van der Waals surface area contributed by atoms with Crippen LogP contribution in [0.3, 0.4) is 0 Å². The van der Waals surface area contributed by atoms with Crippen LogP contribution in [-0.4, -0.2) is 18.4 Å². The summed E-state index contributed by atoms with van der Waals surface area (Å²) in [5.41, 5.74) is 4.68. The van der Waals surface area contributed by atoms with Gasteiger partial charge in [0.1, 0.15) is 5.75 Å². The Morgan fingerprint density at radius 1 is 0.839 bits per heavy atom. The second-order valence-electron chi connectivity index (χ2n) is 8.77. The van der Waals surface area contributed by atoms with Gasteiger partial charge in [-0.05, 0) is 41.3 Å². The van der Waals surface area contributed by atoms with Crippen molar-refractivity contribution in [2.45, 2.75) is 25.2 Å². The molecular weight excluding hydrogens is 386 g/mol. The van der Waals surface area contributed by atoms with E-state index in [2.05, 4.69) is 31.2 Å². The smallest absolute Gasteiger partial charge is 0.239 e. The lowest BCUT2D eigenvalue weighted by molar-refractivity contribution is -0.123. The zero-order chi connectivity index (χ0) is 21.3. The third kappa shape index (κ3) is 2.15. The zero-order valence-electron chi connectivity index (χ0n) is 17.5. The van der Waals surface area contributed by atoms with Crippen LogP contribution in [0.4, 0.5) is 5.69 Å². The van der Waals surface area contributed by atoms with E-state index in [-0.39, 0.29) is 17.7 Å². The Bertz CT molecular complexity index is 1200. The summed E-state index contributed by atoms with van der Waals surface area (Å²) in [6.45, 7) is 4.51. The van der Waals surface area contributed by atoms with Crippen molar-refractivity contribution >= 4 is 17.5 Å². The molecule has 2 atom stereocenters. The van der Waals surface area contributed by atoms with E-state index in [1.807, 2.05) is 55.5 Å². The van der Waals surface area contributed by atoms with Gasteiger partial charge >= 0.3 is 0 Å². The fourth-order valence-electron chi connectivity index (χ4n) is 6.31. The molecule has 2 amide bonds. The third-order valence-electron chi connectivity index (χ3n) is 7.45. The van der Waals surface area contributed by atoms with Crippen LogP contribution in [-0.2, 0) is 15.0 Å². The first kappa shape index (κ1) is 18.4.